The number of benzene rings is 2. The van der Waals surface area contributed by atoms with E-state index in [1.54, 1.807) is 42.5 Å². The summed E-state index contributed by atoms with van der Waals surface area (Å²) in [7, 11) is 0. The van der Waals surface area contributed by atoms with Crippen LogP contribution in [0, 0.1) is 0 Å². The van der Waals surface area contributed by atoms with Crippen LogP contribution in [0.25, 0.3) is 0 Å². The lowest BCUT2D eigenvalue weighted by Gasteiger charge is -2.23. The molecule has 0 amide bonds. The van der Waals surface area contributed by atoms with Crippen LogP contribution in [-0.2, 0) is 0 Å². The van der Waals surface area contributed by atoms with E-state index in [0.29, 0.717) is 34.5 Å². The van der Waals surface area contributed by atoms with Crippen LogP contribution in [0.4, 0.5) is 5.69 Å². The molecule has 0 aliphatic heterocycles. The number of rotatable bonds is 5. The van der Waals surface area contributed by atoms with Crippen molar-refractivity contribution < 1.29 is 14.7 Å². The number of carbonyl (C=O) groups is 2. The summed E-state index contributed by atoms with van der Waals surface area (Å²) in [5, 5.41) is 15.1. The molecular formula is C18H18N2O3. The molecule has 0 spiro atoms. The van der Waals surface area contributed by atoms with Gasteiger partial charge in [-0.15, -0.1) is 0 Å². The van der Waals surface area contributed by atoms with E-state index in [4.69, 9.17) is 5.11 Å². The zero-order chi connectivity index (χ0) is 16.4. The van der Waals surface area contributed by atoms with Crippen molar-refractivity contribution in [3.8, 4) is 0 Å². The average Bonchev–Trinajstić information content (AvgIpc) is 2.57. The van der Waals surface area contributed by atoms with Crippen molar-refractivity contribution in [3.63, 3.8) is 0 Å². The van der Waals surface area contributed by atoms with Crippen LogP contribution in [0.3, 0.4) is 0 Å². The summed E-state index contributed by atoms with van der Waals surface area (Å²) >= 11 is 0. The molecule has 118 valence electrons. The van der Waals surface area contributed by atoms with Crippen LogP contribution in [0.15, 0.2) is 42.5 Å². The van der Waals surface area contributed by atoms with E-state index in [0.717, 1.165) is 0 Å². The third-order valence-electron chi connectivity index (χ3n) is 3.89. The van der Waals surface area contributed by atoms with Crippen molar-refractivity contribution in [1.82, 2.24) is 5.32 Å². The second-order valence-electron chi connectivity index (χ2n) is 5.48. The molecule has 0 bridgehead atoms. The number of anilines is 1. The lowest BCUT2D eigenvalue weighted by Crippen LogP contribution is -2.36. The molecule has 2 aromatic rings. The molecule has 0 radical (unpaired) electrons. The van der Waals surface area contributed by atoms with Gasteiger partial charge in [0.15, 0.2) is 11.6 Å². The highest BCUT2D eigenvalue weighted by Gasteiger charge is 2.31. The van der Waals surface area contributed by atoms with Gasteiger partial charge in [-0.25, -0.2) is 0 Å². The first-order valence-electron chi connectivity index (χ1n) is 7.55. The summed E-state index contributed by atoms with van der Waals surface area (Å²) < 4.78 is 0. The predicted molar refractivity (Wildman–Crippen MR) is 87.9 cm³/mol. The molecule has 0 heterocycles. The second kappa shape index (κ2) is 6.32. The average molecular weight is 310 g/mol. The largest absolute Gasteiger partial charge is 0.395 e. The fraction of sp³-hybridized carbons (Fsp3) is 0.222. The SMILES string of the molecule is CC(NCCO)Nc1cccc2c1C(=O)c1ccccc1C2=O. The van der Waals surface area contributed by atoms with Crippen molar-refractivity contribution in [2.45, 2.75) is 13.1 Å². The molecule has 0 saturated heterocycles. The van der Waals surface area contributed by atoms with Gasteiger partial charge >= 0.3 is 0 Å². The zero-order valence-corrected chi connectivity index (χ0v) is 12.8. The first kappa shape index (κ1) is 15.4. The summed E-state index contributed by atoms with van der Waals surface area (Å²) in [5.74, 6) is -0.275. The first-order valence-corrected chi connectivity index (χ1v) is 7.55. The Morgan fingerprint density at radius 2 is 1.61 bits per heavy atom. The molecule has 1 atom stereocenters. The molecule has 2 aromatic carbocycles. The number of nitrogens with one attached hydrogen (secondary N) is 2. The van der Waals surface area contributed by atoms with E-state index >= 15 is 0 Å². The molecule has 5 nitrogen and oxygen atoms in total. The van der Waals surface area contributed by atoms with Crippen LogP contribution in [0.5, 0.6) is 0 Å². The lowest BCUT2D eigenvalue weighted by atomic mass is 9.83. The lowest BCUT2D eigenvalue weighted by molar-refractivity contribution is 0.0979. The maximum absolute atomic E-state index is 12.8. The van der Waals surface area contributed by atoms with Crippen LogP contribution in [-0.4, -0.2) is 36.0 Å². The Morgan fingerprint density at radius 1 is 0.957 bits per heavy atom. The van der Waals surface area contributed by atoms with Gasteiger partial charge in [0.25, 0.3) is 0 Å². The fourth-order valence-corrected chi connectivity index (χ4v) is 2.83. The summed E-state index contributed by atoms with van der Waals surface area (Å²) in [4.78, 5) is 25.5. The highest BCUT2D eigenvalue weighted by Crippen LogP contribution is 2.31. The number of fused-ring (bicyclic) bond motifs is 2. The van der Waals surface area contributed by atoms with Crippen molar-refractivity contribution in [2.75, 3.05) is 18.5 Å². The number of carbonyl (C=O) groups excluding carboxylic acids is 2. The van der Waals surface area contributed by atoms with E-state index in [1.807, 2.05) is 6.92 Å². The van der Waals surface area contributed by atoms with E-state index < -0.39 is 0 Å². The van der Waals surface area contributed by atoms with Gasteiger partial charge in [-0.1, -0.05) is 36.4 Å². The number of aliphatic hydroxyl groups is 1. The van der Waals surface area contributed by atoms with Crippen LogP contribution in [0.1, 0.15) is 38.8 Å². The summed E-state index contributed by atoms with van der Waals surface area (Å²) in [5.41, 5.74) is 2.35. The Labute approximate surface area is 134 Å². The molecule has 3 rings (SSSR count). The molecule has 3 N–H and O–H groups in total. The summed E-state index contributed by atoms with van der Waals surface area (Å²) in [6.45, 7) is 2.36. The van der Waals surface area contributed by atoms with Crippen molar-refractivity contribution in [2.24, 2.45) is 0 Å². The number of hydrogen-bond donors (Lipinski definition) is 3. The molecule has 1 aliphatic rings. The van der Waals surface area contributed by atoms with Crippen LogP contribution >= 0.6 is 0 Å². The highest BCUT2D eigenvalue weighted by molar-refractivity contribution is 6.30. The van der Waals surface area contributed by atoms with Gasteiger partial charge in [0.1, 0.15) is 0 Å². The second-order valence-corrected chi connectivity index (χ2v) is 5.48. The van der Waals surface area contributed by atoms with Gasteiger partial charge in [-0.3, -0.25) is 14.9 Å². The molecule has 23 heavy (non-hydrogen) atoms. The third-order valence-corrected chi connectivity index (χ3v) is 3.89. The minimum absolute atomic E-state index is 0.0315. The Morgan fingerprint density at radius 3 is 2.30 bits per heavy atom. The normalized spacial score (nSPS) is 14.2. The van der Waals surface area contributed by atoms with Crippen molar-refractivity contribution >= 4 is 17.3 Å². The quantitative estimate of drug-likeness (QED) is 0.626. The Kier molecular flexibility index (Phi) is 4.23. The highest BCUT2D eigenvalue weighted by atomic mass is 16.3. The van der Waals surface area contributed by atoms with Gasteiger partial charge in [-0.2, -0.15) is 0 Å². The number of ketones is 2. The molecule has 0 fully saturated rings. The molecule has 0 aromatic heterocycles. The van der Waals surface area contributed by atoms with Gasteiger partial charge in [0.2, 0.25) is 0 Å². The summed E-state index contributed by atoms with van der Waals surface area (Å²) in [6.07, 6.45) is -0.145. The fourth-order valence-electron chi connectivity index (χ4n) is 2.83. The van der Waals surface area contributed by atoms with Gasteiger partial charge in [0.05, 0.1) is 18.3 Å². The Bertz CT molecular complexity index is 771. The maximum atomic E-state index is 12.8. The Balaban J connectivity index is 2.01. The van der Waals surface area contributed by atoms with Crippen molar-refractivity contribution in [3.05, 3.63) is 64.7 Å². The Hall–Kier alpha value is -2.50. The van der Waals surface area contributed by atoms with Crippen LogP contribution in [0.2, 0.25) is 0 Å². The van der Waals surface area contributed by atoms with Crippen molar-refractivity contribution in [1.29, 1.82) is 0 Å². The van der Waals surface area contributed by atoms with E-state index in [2.05, 4.69) is 10.6 Å². The monoisotopic (exact) mass is 310 g/mol. The smallest absolute Gasteiger partial charge is 0.196 e. The van der Waals surface area contributed by atoms with E-state index in [1.165, 1.54) is 0 Å². The molecule has 1 aliphatic carbocycles. The number of aliphatic hydroxyl groups excluding tert-OH is 1. The molecule has 5 heteroatoms. The topological polar surface area (TPSA) is 78.4 Å². The minimum atomic E-state index is -0.146. The molecular weight excluding hydrogens is 292 g/mol. The van der Waals surface area contributed by atoms with Gasteiger partial charge in [0, 0.05) is 28.9 Å². The standard InChI is InChI=1S/C18H18N2O3/c1-11(19-9-10-21)20-15-8-4-7-14-16(15)18(23)13-6-3-2-5-12(13)17(14)22/h2-8,11,19-21H,9-10H2,1H3. The minimum Gasteiger partial charge on any atom is -0.395 e. The van der Waals surface area contributed by atoms with E-state index in [-0.39, 0.29) is 24.3 Å². The first-order chi connectivity index (χ1) is 11.1. The summed E-state index contributed by atoms with van der Waals surface area (Å²) in [6, 6.07) is 12.1. The van der Waals surface area contributed by atoms with Crippen LogP contribution < -0.4 is 10.6 Å². The third kappa shape index (κ3) is 2.76. The number of hydrogen-bond acceptors (Lipinski definition) is 5. The van der Waals surface area contributed by atoms with Gasteiger partial charge in [-0.05, 0) is 13.0 Å². The maximum Gasteiger partial charge on any atom is 0.196 e. The predicted octanol–water partition coefficient (Wildman–Crippen LogP) is 1.80. The van der Waals surface area contributed by atoms with E-state index in [9.17, 15) is 9.59 Å². The molecule has 1 unspecified atom stereocenters. The molecule has 0 saturated carbocycles. The van der Waals surface area contributed by atoms with Gasteiger partial charge < -0.3 is 10.4 Å². The zero-order valence-electron chi connectivity index (χ0n) is 12.8.